The van der Waals surface area contributed by atoms with Gasteiger partial charge < -0.3 is 26.0 Å². The highest BCUT2D eigenvalue weighted by atomic mass is 16.4. The summed E-state index contributed by atoms with van der Waals surface area (Å²) in [4.78, 5) is 40.6. The number of rotatable bonds is 13. The third-order valence-corrected chi connectivity index (χ3v) is 5.32. The number of pyridine rings is 1. The average Bonchev–Trinajstić information content (AvgIpc) is 2.72. The summed E-state index contributed by atoms with van der Waals surface area (Å²) in [5, 5.41) is 17.9. The average molecular weight is 434 g/mol. The molecule has 0 aliphatic carbocycles. The van der Waals surface area contributed by atoms with Gasteiger partial charge in [-0.2, -0.15) is 0 Å². The SMILES string of the molecule is CC(=O)NCCN(CCCCc1ccc2c(n1)NCCC2)CCC(NC(C)=O)C(=O)O. The molecule has 1 aromatic rings. The van der Waals surface area contributed by atoms with Crippen molar-refractivity contribution < 1.29 is 19.5 Å². The van der Waals surface area contributed by atoms with Gasteiger partial charge in [-0.3, -0.25) is 9.59 Å². The predicted molar refractivity (Wildman–Crippen MR) is 119 cm³/mol. The van der Waals surface area contributed by atoms with Crippen molar-refractivity contribution in [2.24, 2.45) is 0 Å². The second-order valence-electron chi connectivity index (χ2n) is 8.00. The molecule has 0 fully saturated rings. The van der Waals surface area contributed by atoms with Crippen LogP contribution in [0.2, 0.25) is 0 Å². The van der Waals surface area contributed by atoms with Crippen molar-refractivity contribution in [2.75, 3.05) is 38.0 Å². The van der Waals surface area contributed by atoms with Crippen molar-refractivity contribution in [1.82, 2.24) is 20.5 Å². The molecule has 9 nitrogen and oxygen atoms in total. The zero-order valence-corrected chi connectivity index (χ0v) is 18.6. The Morgan fingerprint density at radius 1 is 1.16 bits per heavy atom. The number of unbranched alkanes of at least 4 members (excludes halogenated alkanes) is 1. The number of nitrogens with zero attached hydrogens (tertiary/aromatic N) is 2. The van der Waals surface area contributed by atoms with Gasteiger partial charge in [0, 0.05) is 45.7 Å². The molecule has 4 N–H and O–H groups in total. The Balaban J connectivity index is 1.81. The first-order valence-electron chi connectivity index (χ1n) is 11.0. The van der Waals surface area contributed by atoms with E-state index in [-0.39, 0.29) is 11.8 Å². The molecule has 1 aromatic heterocycles. The number of anilines is 1. The minimum atomic E-state index is -1.04. The van der Waals surface area contributed by atoms with Crippen LogP contribution in [0.5, 0.6) is 0 Å². The van der Waals surface area contributed by atoms with Crippen molar-refractivity contribution in [3.8, 4) is 0 Å². The van der Waals surface area contributed by atoms with Crippen LogP contribution in [0.25, 0.3) is 0 Å². The van der Waals surface area contributed by atoms with Gasteiger partial charge in [0.1, 0.15) is 11.9 Å². The molecule has 0 aromatic carbocycles. The lowest BCUT2D eigenvalue weighted by molar-refractivity contribution is -0.141. The first-order chi connectivity index (χ1) is 14.8. The van der Waals surface area contributed by atoms with E-state index in [0.29, 0.717) is 26.1 Å². The second kappa shape index (κ2) is 12.9. The molecule has 1 atom stereocenters. The molecular weight excluding hydrogens is 398 g/mol. The Morgan fingerprint density at radius 2 is 1.97 bits per heavy atom. The van der Waals surface area contributed by atoms with Gasteiger partial charge in [0.15, 0.2) is 0 Å². The molecule has 31 heavy (non-hydrogen) atoms. The number of aryl methyl sites for hydroxylation is 2. The van der Waals surface area contributed by atoms with Gasteiger partial charge in [-0.25, -0.2) is 9.78 Å². The standard InChI is InChI=1S/C22H35N5O4/c1-16(28)23-12-15-27(14-10-20(22(30)31)25-17(2)29)13-4-3-7-19-9-8-18-6-5-11-24-21(18)26-19/h8-9,20H,3-7,10-15H2,1-2H3,(H,23,28)(H,24,26)(H,25,29)(H,30,31). The molecule has 2 amide bonds. The monoisotopic (exact) mass is 433 g/mol. The zero-order chi connectivity index (χ0) is 22.6. The minimum Gasteiger partial charge on any atom is -0.480 e. The van der Waals surface area contributed by atoms with Crippen molar-refractivity contribution >= 4 is 23.6 Å². The van der Waals surface area contributed by atoms with E-state index in [1.807, 2.05) is 0 Å². The van der Waals surface area contributed by atoms with Gasteiger partial charge in [0.05, 0.1) is 0 Å². The molecule has 0 bridgehead atoms. The Kier molecular flexibility index (Phi) is 10.2. The normalized spacial score (nSPS) is 13.8. The van der Waals surface area contributed by atoms with E-state index in [4.69, 9.17) is 4.98 Å². The molecule has 0 saturated carbocycles. The van der Waals surface area contributed by atoms with Gasteiger partial charge in [-0.15, -0.1) is 0 Å². The number of carbonyl (C=O) groups excluding carboxylic acids is 2. The molecule has 2 heterocycles. The fraction of sp³-hybridized carbons (Fsp3) is 0.636. The fourth-order valence-corrected chi connectivity index (χ4v) is 3.69. The van der Waals surface area contributed by atoms with E-state index < -0.39 is 12.0 Å². The first-order valence-corrected chi connectivity index (χ1v) is 11.0. The lowest BCUT2D eigenvalue weighted by Crippen LogP contribution is -2.43. The van der Waals surface area contributed by atoms with Crippen LogP contribution in [-0.2, 0) is 27.2 Å². The highest BCUT2D eigenvalue weighted by Crippen LogP contribution is 2.20. The van der Waals surface area contributed by atoms with Gasteiger partial charge >= 0.3 is 5.97 Å². The van der Waals surface area contributed by atoms with Crippen LogP contribution in [-0.4, -0.2) is 71.5 Å². The summed E-state index contributed by atoms with van der Waals surface area (Å²) in [5.41, 5.74) is 2.36. The maximum atomic E-state index is 11.4. The number of amides is 2. The van der Waals surface area contributed by atoms with Crippen LogP contribution in [0.15, 0.2) is 12.1 Å². The maximum absolute atomic E-state index is 11.4. The Morgan fingerprint density at radius 3 is 2.68 bits per heavy atom. The summed E-state index contributed by atoms with van der Waals surface area (Å²) in [6.45, 7) is 6.21. The highest BCUT2D eigenvalue weighted by Gasteiger charge is 2.19. The molecule has 9 heteroatoms. The third-order valence-electron chi connectivity index (χ3n) is 5.32. The second-order valence-corrected chi connectivity index (χ2v) is 8.00. The van der Waals surface area contributed by atoms with Crippen LogP contribution < -0.4 is 16.0 Å². The highest BCUT2D eigenvalue weighted by molar-refractivity contribution is 5.82. The summed E-state index contributed by atoms with van der Waals surface area (Å²) in [7, 11) is 0. The van der Waals surface area contributed by atoms with Crippen molar-refractivity contribution in [1.29, 1.82) is 0 Å². The number of fused-ring (bicyclic) bond motifs is 1. The number of nitrogens with one attached hydrogen (secondary N) is 3. The Hall–Kier alpha value is -2.68. The quantitative estimate of drug-likeness (QED) is 0.344. The number of aliphatic carboxylic acids is 1. The largest absolute Gasteiger partial charge is 0.480 e. The van der Waals surface area contributed by atoms with E-state index >= 15 is 0 Å². The molecule has 0 saturated heterocycles. The number of carbonyl (C=O) groups is 3. The lowest BCUT2D eigenvalue weighted by atomic mass is 10.1. The number of aromatic nitrogens is 1. The molecule has 0 radical (unpaired) electrons. The number of hydrogen-bond donors (Lipinski definition) is 4. The van der Waals surface area contributed by atoms with E-state index in [1.54, 1.807) is 0 Å². The van der Waals surface area contributed by atoms with Crippen LogP contribution >= 0.6 is 0 Å². The lowest BCUT2D eigenvalue weighted by Gasteiger charge is -2.24. The molecule has 172 valence electrons. The fourth-order valence-electron chi connectivity index (χ4n) is 3.69. The molecule has 1 unspecified atom stereocenters. The van der Waals surface area contributed by atoms with Gasteiger partial charge in [-0.1, -0.05) is 6.07 Å². The smallest absolute Gasteiger partial charge is 0.326 e. The third kappa shape index (κ3) is 9.33. The van der Waals surface area contributed by atoms with Gasteiger partial charge in [0.2, 0.25) is 11.8 Å². The maximum Gasteiger partial charge on any atom is 0.326 e. The van der Waals surface area contributed by atoms with Crippen molar-refractivity contribution in [3.05, 3.63) is 23.4 Å². The summed E-state index contributed by atoms with van der Waals surface area (Å²) >= 11 is 0. The van der Waals surface area contributed by atoms with Crippen LogP contribution in [0.4, 0.5) is 5.82 Å². The van der Waals surface area contributed by atoms with Crippen LogP contribution in [0.1, 0.15) is 50.8 Å². The first kappa shape index (κ1) is 24.6. The van der Waals surface area contributed by atoms with E-state index in [1.165, 1.54) is 19.4 Å². The summed E-state index contributed by atoms with van der Waals surface area (Å²) < 4.78 is 0. The van der Waals surface area contributed by atoms with Crippen LogP contribution in [0.3, 0.4) is 0 Å². The molecule has 1 aliphatic heterocycles. The van der Waals surface area contributed by atoms with Gasteiger partial charge in [0.25, 0.3) is 0 Å². The van der Waals surface area contributed by atoms with Crippen molar-refractivity contribution in [2.45, 2.75) is 58.4 Å². The summed E-state index contributed by atoms with van der Waals surface area (Å²) in [5.74, 6) is -0.472. The molecular formula is C22H35N5O4. The molecule has 1 aliphatic rings. The Labute approximate surface area is 184 Å². The summed E-state index contributed by atoms with van der Waals surface area (Å²) in [6, 6.07) is 3.36. The number of carboxylic acids is 1. The number of carboxylic acid groups (broad SMARTS) is 1. The van der Waals surface area contributed by atoms with Gasteiger partial charge in [-0.05, 0) is 56.7 Å². The molecule has 0 spiro atoms. The van der Waals surface area contributed by atoms with Crippen LogP contribution in [0, 0.1) is 0 Å². The topological polar surface area (TPSA) is 124 Å². The summed E-state index contributed by atoms with van der Waals surface area (Å²) in [6.07, 6.45) is 5.33. The molecule has 2 rings (SSSR count). The minimum absolute atomic E-state index is 0.0892. The van der Waals surface area contributed by atoms with E-state index in [2.05, 4.69) is 33.0 Å². The Bertz CT molecular complexity index is 755. The number of hydrogen-bond acceptors (Lipinski definition) is 6. The zero-order valence-electron chi connectivity index (χ0n) is 18.6. The van der Waals surface area contributed by atoms with E-state index in [9.17, 15) is 19.5 Å². The predicted octanol–water partition coefficient (Wildman–Crippen LogP) is 1.18. The van der Waals surface area contributed by atoms with E-state index in [0.717, 1.165) is 56.7 Å². The van der Waals surface area contributed by atoms with Crippen molar-refractivity contribution in [3.63, 3.8) is 0 Å².